The van der Waals surface area contributed by atoms with E-state index in [2.05, 4.69) is 10.6 Å². The molecular weight excluding hydrogens is 400 g/mol. The van der Waals surface area contributed by atoms with Crippen molar-refractivity contribution < 1.29 is 19.8 Å². The van der Waals surface area contributed by atoms with Gasteiger partial charge in [0.25, 0.3) is 11.8 Å². The number of hydrogen-bond donors (Lipinski definition) is 4. The minimum Gasteiger partial charge on any atom is -0.506 e. The lowest BCUT2D eigenvalue weighted by Crippen LogP contribution is -2.30. The van der Waals surface area contributed by atoms with Gasteiger partial charge in [0.2, 0.25) is 0 Å². The number of hydrogen-bond acceptors (Lipinski definition) is 5. The van der Waals surface area contributed by atoms with E-state index in [-0.39, 0.29) is 22.9 Å². The average Bonchev–Trinajstić information content (AvgIpc) is 3.17. The number of rotatable bonds is 6. The first-order valence-electron chi connectivity index (χ1n) is 8.33. The highest BCUT2D eigenvalue weighted by atomic mass is 35.5. The van der Waals surface area contributed by atoms with E-state index in [0.29, 0.717) is 10.6 Å². The molecule has 28 heavy (non-hydrogen) atoms. The number of amides is 2. The number of carbonyl (C=O) groups is 2. The minimum absolute atomic E-state index is 0.0598. The Morgan fingerprint density at radius 2 is 1.82 bits per heavy atom. The summed E-state index contributed by atoms with van der Waals surface area (Å²) < 4.78 is 0. The van der Waals surface area contributed by atoms with E-state index in [9.17, 15) is 19.8 Å². The first-order chi connectivity index (χ1) is 13.5. The number of thiophene rings is 1. The van der Waals surface area contributed by atoms with Crippen LogP contribution in [0.15, 0.2) is 60.0 Å². The zero-order valence-electron chi connectivity index (χ0n) is 14.6. The molecule has 0 bridgehead atoms. The molecule has 2 aromatic carbocycles. The first kappa shape index (κ1) is 19.9. The smallest absolute Gasteiger partial charge is 0.264 e. The molecule has 3 aromatic rings. The third-order valence-electron chi connectivity index (χ3n) is 4.02. The van der Waals surface area contributed by atoms with Gasteiger partial charge in [-0.25, -0.2) is 0 Å². The zero-order chi connectivity index (χ0) is 20.1. The third-order valence-corrected chi connectivity index (χ3v) is 5.24. The molecule has 0 fully saturated rings. The summed E-state index contributed by atoms with van der Waals surface area (Å²) in [5.74, 6) is -0.988. The standard InChI is InChI=1S/C20H17ClN2O4S/c21-14-10-13(6-7-17(14)25)19(26)22-15-8-9-28-18(15)20(27)23-16(11-24)12-4-2-1-3-5-12/h1-10,16,24-25H,11H2,(H,22,26)(H,23,27)/t16-/m0/s1. The average molecular weight is 417 g/mol. The van der Waals surface area contributed by atoms with Gasteiger partial charge in [-0.05, 0) is 35.2 Å². The zero-order valence-corrected chi connectivity index (χ0v) is 16.1. The van der Waals surface area contributed by atoms with Crippen molar-refractivity contribution in [3.05, 3.63) is 81.0 Å². The lowest BCUT2D eigenvalue weighted by Gasteiger charge is -2.17. The van der Waals surface area contributed by atoms with Crippen molar-refractivity contribution in [3.63, 3.8) is 0 Å². The van der Waals surface area contributed by atoms with Crippen LogP contribution in [0.5, 0.6) is 5.75 Å². The Balaban J connectivity index is 1.74. The highest BCUT2D eigenvalue weighted by Crippen LogP contribution is 2.26. The maximum atomic E-state index is 12.7. The second kappa shape index (κ2) is 8.88. The van der Waals surface area contributed by atoms with Crippen LogP contribution in [0.4, 0.5) is 5.69 Å². The Hall–Kier alpha value is -2.87. The highest BCUT2D eigenvalue weighted by molar-refractivity contribution is 7.12. The van der Waals surface area contributed by atoms with E-state index in [1.165, 1.54) is 29.5 Å². The highest BCUT2D eigenvalue weighted by Gasteiger charge is 2.20. The molecule has 2 amide bonds. The van der Waals surface area contributed by atoms with Crippen molar-refractivity contribution in [2.45, 2.75) is 6.04 Å². The van der Waals surface area contributed by atoms with Gasteiger partial charge in [-0.15, -0.1) is 11.3 Å². The second-order valence-corrected chi connectivity index (χ2v) is 7.23. The van der Waals surface area contributed by atoms with Crippen LogP contribution in [-0.4, -0.2) is 28.6 Å². The molecule has 0 saturated heterocycles. The quantitative estimate of drug-likeness (QED) is 0.491. The number of phenols is 1. The fourth-order valence-electron chi connectivity index (χ4n) is 2.57. The first-order valence-corrected chi connectivity index (χ1v) is 9.59. The van der Waals surface area contributed by atoms with E-state index >= 15 is 0 Å². The Labute approximate surface area is 170 Å². The SMILES string of the molecule is O=C(Nc1ccsc1C(=O)N[C@@H](CO)c1ccccc1)c1ccc(O)c(Cl)c1. The summed E-state index contributed by atoms with van der Waals surface area (Å²) in [5, 5.41) is 26.3. The van der Waals surface area contributed by atoms with E-state index in [1.54, 1.807) is 11.4 Å². The van der Waals surface area contributed by atoms with Crippen LogP contribution >= 0.6 is 22.9 Å². The minimum atomic E-state index is -0.560. The molecule has 4 N–H and O–H groups in total. The van der Waals surface area contributed by atoms with Crippen molar-refractivity contribution in [2.24, 2.45) is 0 Å². The number of aliphatic hydroxyl groups is 1. The number of nitrogens with one attached hydrogen (secondary N) is 2. The molecule has 6 nitrogen and oxygen atoms in total. The molecule has 1 heterocycles. The van der Waals surface area contributed by atoms with Gasteiger partial charge in [0.15, 0.2) is 0 Å². The lowest BCUT2D eigenvalue weighted by molar-refractivity contribution is 0.0921. The Morgan fingerprint density at radius 1 is 1.07 bits per heavy atom. The van der Waals surface area contributed by atoms with Crippen LogP contribution in [0.3, 0.4) is 0 Å². The van der Waals surface area contributed by atoms with Gasteiger partial charge in [0, 0.05) is 5.56 Å². The van der Waals surface area contributed by atoms with Crippen LogP contribution in [0.2, 0.25) is 5.02 Å². The number of anilines is 1. The van der Waals surface area contributed by atoms with Gasteiger partial charge in [0.05, 0.1) is 23.4 Å². The number of carbonyl (C=O) groups excluding carboxylic acids is 2. The van der Waals surface area contributed by atoms with Gasteiger partial charge in [-0.3, -0.25) is 9.59 Å². The van der Waals surface area contributed by atoms with E-state index in [1.807, 2.05) is 30.3 Å². The summed E-state index contributed by atoms with van der Waals surface area (Å²) in [6, 6.07) is 14.3. The normalized spacial score (nSPS) is 11.6. The maximum absolute atomic E-state index is 12.7. The molecule has 0 radical (unpaired) electrons. The molecule has 0 aliphatic carbocycles. The third kappa shape index (κ3) is 4.51. The molecule has 8 heteroatoms. The van der Waals surface area contributed by atoms with E-state index in [0.717, 1.165) is 5.56 Å². The van der Waals surface area contributed by atoms with Crippen LogP contribution < -0.4 is 10.6 Å². The van der Waals surface area contributed by atoms with Crippen LogP contribution in [0.25, 0.3) is 0 Å². The fraction of sp³-hybridized carbons (Fsp3) is 0.100. The molecule has 0 aliphatic rings. The monoisotopic (exact) mass is 416 g/mol. The van der Waals surface area contributed by atoms with Crippen molar-refractivity contribution in [1.82, 2.24) is 5.32 Å². The molecule has 1 atom stereocenters. The number of aliphatic hydroxyl groups excluding tert-OH is 1. The summed E-state index contributed by atoms with van der Waals surface area (Å²) in [4.78, 5) is 25.4. The van der Waals surface area contributed by atoms with Crippen molar-refractivity contribution in [1.29, 1.82) is 0 Å². The predicted octanol–water partition coefficient (Wildman–Crippen LogP) is 3.82. The number of phenolic OH excluding ortho intramolecular Hbond substituents is 1. The molecular formula is C20H17ClN2O4S. The molecule has 144 valence electrons. The van der Waals surface area contributed by atoms with Gasteiger partial charge in [-0.2, -0.15) is 0 Å². The second-order valence-electron chi connectivity index (χ2n) is 5.90. The molecule has 0 unspecified atom stereocenters. The maximum Gasteiger partial charge on any atom is 0.264 e. The van der Waals surface area contributed by atoms with E-state index < -0.39 is 17.9 Å². The van der Waals surface area contributed by atoms with Crippen LogP contribution in [0, 0.1) is 0 Å². The van der Waals surface area contributed by atoms with Gasteiger partial charge in [-0.1, -0.05) is 41.9 Å². The molecule has 3 rings (SSSR count). The Morgan fingerprint density at radius 3 is 2.50 bits per heavy atom. The van der Waals surface area contributed by atoms with Crippen molar-refractivity contribution in [3.8, 4) is 5.75 Å². The largest absolute Gasteiger partial charge is 0.506 e. The number of halogens is 1. The number of benzene rings is 2. The van der Waals surface area contributed by atoms with Crippen molar-refractivity contribution in [2.75, 3.05) is 11.9 Å². The molecule has 0 saturated carbocycles. The van der Waals surface area contributed by atoms with Crippen LogP contribution in [-0.2, 0) is 0 Å². The fourth-order valence-corrected chi connectivity index (χ4v) is 3.50. The molecule has 0 spiro atoms. The summed E-state index contributed by atoms with van der Waals surface area (Å²) in [6.07, 6.45) is 0. The summed E-state index contributed by atoms with van der Waals surface area (Å²) >= 11 is 7.01. The summed E-state index contributed by atoms with van der Waals surface area (Å²) in [7, 11) is 0. The van der Waals surface area contributed by atoms with Gasteiger partial charge in [0.1, 0.15) is 10.6 Å². The summed E-state index contributed by atoms with van der Waals surface area (Å²) in [6.45, 7) is -0.255. The van der Waals surface area contributed by atoms with Crippen molar-refractivity contribution >= 4 is 40.4 Å². The number of aromatic hydroxyl groups is 1. The molecule has 1 aromatic heterocycles. The van der Waals surface area contributed by atoms with Gasteiger partial charge < -0.3 is 20.8 Å². The van der Waals surface area contributed by atoms with Gasteiger partial charge >= 0.3 is 0 Å². The Bertz CT molecular complexity index is 991. The Kier molecular flexibility index (Phi) is 6.30. The van der Waals surface area contributed by atoms with Crippen LogP contribution in [0.1, 0.15) is 31.6 Å². The lowest BCUT2D eigenvalue weighted by atomic mass is 10.1. The van der Waals surface area contributed by atoms with E-state index in [4.69, 9.17) is 11.6 Å². The topological polar surface area (TPSA) is 98.7 Å². The summed E-state index contributed by atoms with van der Waals surface area (Å²) in [5.41, 5.74) is 1.37. The molecule has 0 aliphatic heterocycles. The predicted molar refractivity (Wildman–Crippen MR) is 109 cm³/mol.